The van der Waals surface area contributed by atoms with Crippen molar-refractivity contribution < 1.29 is 4.74 Å². The van der Waals surface area contributed by atoms with E-state index in [4.69, 9.17) is 16.3 Å². The van der Waals surface area contributed by atoms with E-state index in [1.807, 2.05) is 12.1 Å². The molecule has 102 valence electrons. The molecule has 1 aromatic rings. The molecule has 0 saturated heterocycles. The van der Waals surface area contributed by atoms with Crippen molar-refractivity contribution in [2.24, 2.45) is 0 Å². The molecule has 2 N–H and O–H groups in total. The minimum Gasteiger partial charge on any atom is -0.383 e. The van der Waals surface area contributed by atoms with Gasteiger partial charge in [0.2, 0.25) is 0 Å². The third-order valence-corrected chi connectivity index (χ3v) is 3.29. The van der Waals surface area contributed by atoms with E-state index in [2.05, 4.69) is 23.6 Å². The van der Waals surface area contributed by atoms with Crippen LogP contribution < -0.4 is 10.6 Å². The van der Waals surface area contributed by atoms with Gasteiger partial charge in [-0.25, -0.2) is 0 Å². The maximum atomic E-state index is 6.08. The van der Waals surface area contributed by atoms with Crippen molar-refractivity contribution in [2.75, 3.05) is 33.4 Å². The molecular formula is C14H23ClN2O. The van der Waals surface area contributed by atoms with Crippen LogP contribution in [0.2, 0.25) is 5.02 Å². The maximum Gasteiger partial charge on any atom is 0.0587 e. The van der Waals surface area contributed by atoms with Crippen LogP contribution in [0.5, 0.6) is 0 Å². The minimum atomic E-state index is 0.773. The largest absolute Gasteiger partial charge is 0.383 e. The number of methoxy groups -OCH3 is 1. The van der Waals surface area contributed by atoms with Gasteiger partial charge in [-0.15, -0.1) is 0 Å². The summed E-state index contributed by atoms with van der Waals surface area (Å²) in [5.41, 5.74) is 2.44. The van der Waals surface area contributed by atoms with Crippen LogP contribution in [0.15, 0.2) is 18.2 Å². The molecule has 0 aliphatic rings. The lowest BCUT2D eigenvalue weighted by Gasteiger charge is -2.09. The summed E-state index contributed by atoms with van der Waals surface area (Å²) in [4.78, 5) is 0. The lowest BCUT2D eigenvalue weighted by atomic mass is 10.1. The van der Waals surface area contributed by atoms with Gasteiger partial charge in [-0.3, -0.25) is 0 Å². The first-order chi connectivity index (χ1) is 8.75. The fourth-order valence-corrected chi connectivity index (χ4v) is 1.90. The average Bonchev–Trinajstić information content (AvgIpc) is 2.37. The summed E-state index contributed by atoms with van der Waals surface area (Å²) in [6, 6.07) is 6.05. The standard InChI is InChI=1S/C14H23ClN2O/c1-12-13(5-3-6-14(12)15)11-17-8-4-7-16-9-10-18-2/h3,5-6,16-17H,4,7-11H2,1-2H3. The van der Waals surface area contributed by atoms with Gasteiger partial charge in [-0.2, -0.15) is 0 Å². The van der Waals surface area contributed by atoms with Crippen LogP contribution in [-0.4, -0.2) is 33.4 Å². The molecule has 1 rings (SSSR count). The Morgan fingerprint density at radius 2 is 1.94 bits per heavy atom. The third-order valence-electron chi connectivity index (χ3n) is 2.89. The molecule has 0 saturated carbocycles. The number of hydrogen-bond acceptors (Lipinski definition) is 3. The van der Waals surface area contributed by atoms with Gasteiger partial charge in [-0.05, 0) is 43.6 Å². The molecule has 0 atom stereocenters. The van der Waals surface area contributed by atoms with Crippen LogP contribution in [0.1, 0.15) is 17.5 Å². The molecule has 0 fully saturated rings. The van der Waals surface area contributed by atoms with Gasteiger partial charge in [0.05, 0.1) is 6.61 Å². The molecule has 4 heteroatoms. The van der Waals surface area contributed by atoms with Crippen molar-refractivity contribution in [3.63, 3.8) is 0 Å². The third kappa shape index (κ3) is 5.83. The molecule has 0 radical (unpaired) electrons. The highest BCUT2D eigenvalue weighted by atomic mass is 35.5. The Morgan fingerprint density at radius 3 is 2.72 bits per heavy atom. The summed E-state index contributed by atoms with van der Waals surface area (Å²) in [6.45, 7) is 6.66. The quantitative estimate of drug-likeness (QED) is 0.676. The normalized spacial score (nSPS) is 10.8. The van der Waals surface area contributed by atoms with E-state index in [-0.39, 0.29) is 0 Å². The summed E-state index contributed by atoms with van der Waals surface area (Å²) >= 11 is 6.08. The molecule has 0 spiro atoms. The van der Waals surface area contributed by atoms with E-state index in [0.717, 1.165) is 44.2 Å². The van der Waals surface area contributed by atoms with Gasteiger partial charge >= 0.3 is 0 Å². The number of halogens is 1. The van der Waals surface area contributed by atoms with Crippen LogP contribution >= 0.6 is 11.6 Å². The summed E-state index contributed by atoms with van der Waals surface area (Å²) < 4.78 is 4.96. The molecule has 0 unspecified atom stereocenters. The topological polar surface area (TPSA) is 33.3 Å². The van der Waals surface area contributed by atoms with E-state index in [9.17, 15) is 0 Å². The fourth-order valence-electron chi connectivity index (χ4n) is 1.70. The highest BCUT2D eigenvalue weighted by Crippen LogP contribution is 2.18. The number of hydrogen-bond donors (Lipinski definition) is 2. The second-order valence-corrected chi connectivity index (χ2v) is 4.70. The zero-order valence-electron chi connectivity index (χ0n) is 11.3. The van der Waals surface area contributed by atoms with E-state index in [1.165, 1.54) is 11.1 Å². The van der Waals surface area contributed by atoms with Crippen molar-refractivity contribution >= 4 is 11.6 Å². The van der Waals surface area contributed by atoms with E-state index >= 15 is 0 Å². The number of rotatable bonds is 9. The van der Waals surface area contributed by atoms with Gasteiger partial charge in [0.25, 0.3) is 0 Å². The van der Waals surface area contributed by atoms with Crippen molar-refractivity contribution in [3.05, 3.63) is 34.3 Å². The minimum absolute atomic E-state index is 0.773. The molecule has 18 heavy (non-hydrogen) atoms. The van der Waals surface area contributed by atoms with Crippen molar-refractivity contribution in [1.82, 2.24) is 10.6 Å². The highest BCUT2D eigenvalue weighted by molar-refractivity contribution is 6.31. The molecule has 1 aromatic carbocycles. The molecular weight excluding hydrogens is 248 g/mol. The maximum absolute atomic E-state index is 6.08. The Bertz CT molecular complexity index is 345. The molecule has 0 aromatic heterocycles. The van der Waals surface area contributed by atoms with Crippen molar-refractivity contribution in [2.45, 2.75) is 19.9 Å². The smallest absolute Gasteiger partial charge is 0.0587 e. The molecule has 0 heterocycles. The fraction of sp³-hybridized carbons (Fsp3) is 0.571. The zero-order chi connectivity index (χ0) is 13.2. The summed E-state index contributed by atoms with van der Waals surface area (Å²) in [6.07, 6.45) is 1.11. The Labute approximate surface area is 115 Å². The Hall–Kier alpha value is -0.610. The first-order valence-electron chi connectivity index (χ1n) is 6.40. The SMILES string of the molecule is COCCNCCCNCc1cccc(Cl)c1C. The molecule has 0 aliphatic carbocycles. The van der Waals surface area contributed by atoms with E-state index in [0.29, 0.717) is 0 Å². The summed E-state index contributed by atoms with van der Waals surface area (Å²) in [7, 11) is 1.72. The highest BCUT2D eigenvalue weighted by Gasteiger charge is 2.00. The summed E-state index contributed by atoms with van der Waals surface area (Å²) in [5.74, 6) is 0. The second-order valence-electron chi connectivity index (χ2n) is 4.30. The van der Waals surface area contributed by atoms with Crippen LogP contribution in [0.4, 0.5) is 0 Å². The predicted octanol–water partition coefficient (Wildman–Crippen LogP) is 2.36. The van der Waals surface area contributed by atoms with E-state index < -0.39 is 0 Å². The average molecular weight is 271 g/mol. The van der Waals surface area contributed by atoms with Crippen molar-refractivity contribution in [1.29, 1.82) is 0 Å². The molecule has 0 amide bonds. The van der Waals surface area contributed by atoms with Crippen LogP contribution in [0.3, 0.4) is 0 Å². The lowest BCUT2D eigenvalue weighted by molar-refractivity contribution is 0.199. The number of benzene rings is 1. The van der Waals surface area contributed by atoms with Gasteiger partial charge in [-0.1, -0.05) is 23.7 Å². The molecule has 0 bridgehead atoms. The number of nitrogens with one attached hydrogen (secondary N) is 2. The van der Waals surface area contributed by atoms with Crippen molar-refractivity contribution in [3.8, 4) is 0 Å². The van der Waals surface area contributed by atoms with Crippen LogP contribution in [-0.2, 0) is 11.3 Å². The number of ether oxygens (including phenoxy) is 1. The second kappa shape index (κ2) is 9.34. The summed E-state index contributed by atoms with van der Waals surface area (Å²) in [5, 5.41) is 7.59. The van der Waals surface area contributed by atoms with E-state index in [1.54, 1.807) is 7.11 Å². The Kier molecular flexibility index (Phi) is 8.01. The first kappa shape index (κ1) is 15.4. The first-order valence-corrected chi connectivity index (χ1v) is 6.78. The molecule has 0 aliphatic heterocycles. The van der Waals surface area contributed by atoms with Gasteiger partial charge in [0.15, 0.2) is 0 Å². The van der Waals surface area contributed by atoms with Crippen LogP contribution in [0, 0.1) is 6.92 Å². The molecule has 3 nitrogen and oxygen atoms in total. The van der Waals surface area contributed by atoms with Gasteiger partial charge in [0.1, 0.15) is 0 Å². The van der Waals surface area contributed by atoms with Crippen LogP contribution in [0.25, 0.3) is 0 Å². The zero-order valence-corrected chi connectivity index (χ0v) is 12.0. The Morgan fingerprint density at radius 1 is 1.17 bits per heavy atom. The van der Waals surface area contributed by atoms with Gasteiger partial charge < -0.3 is 15.4 Å². The monoisotopic (exact) mass is 270 g/mol. The lowest BCUT2D eigenvalue weighted by Crippen LogP contribution is -2.24. The predicted molar refractivity (Wildman–Crippen MR) is 77.3 cm³/mol. The Balaban J connectivity index is 2.09. The van der Waals surface area contributed by atoms with Gasteiger partial charge in [0, 0.05) is 25.2 Å².